The molecule has 0 aromatic heterocycles. The lowest BCUT2D eigenvalue weighted by molar-refractivity contribution is -0.137. The molecule has 4 unspecified atom stereocenters. The lowest BCUT2D eigenvalue weighted by atomic mass is 9.85. The van der Waals surface area contributed by atoms with E-state index in [2.05, 4.69) is 0 Å². The molecule has 1 aromatic rings. The Balaban J connectivity index is 1.59. The first-order valence-electron chi connectivity index (χ1n) is 9.46. The van der Waals surface area contributed by atoms with E-state index < -0.39 is 23.6 Å². The fraction of sp³-hybridized carbons (Fsp3) is 0.500. The minimum Gasteiger partial charge on any atom is -0.378 e. The summed E-state index contributed by atoms with van der Waals surface area (Å²) in [5, 5.41) is 0. The Bertz CT molecular complexity index is 846. The number of nitrogens with zero attached hydrogens (tertiary/aromatic N) is 2. The number of carbonyl (C=O) groups excluding carboxylic acids is 2. The SMILES string of the molecule is O=C1C2C3C=CC(C3)C2C(=O)N1c1cc(C(F)(F)F)ccc1N1CCOCC1. The molecule has 2 heterocycles. The topological polar surface area (TPSA) is 49.9 Å². The monoisotopic (exact) mass is 392 g/mol. The maximum absolute atomic E-state index is 13.4. The van der Waals surface area contributed by atoms with E-state index in [4.69, 9.17) is 4.74 Å². The molecule has 0 N–H and O–H groups in total. The number of hydrogen-bond acceptors (Lipinski definition) is 4. The van der Waals surface area contributed by atoms with Crippen molar-refractivity contribution in [2.75, 3.05) is 36.1 Å². The molecule has 2 aliphatic carbocycles. The van der Waals surface area contributed by atoms with Gasteiger partial charge in [-0.15, -0.1) is 0 Å². The number of alkyl halides is 3. The molecule has 28 heavy (non-hydrogen) atoms. The molecule has 4 aliphatic rings. The van der Waals surface area contributed by atoms with Crippen LogP contribution >= 0.6 is 0 Å². The zero-order valence-electron chi connectivity index (χ0n) is 15.0. The predicted octanol–water partition coefficient (Wildman–Crippen LogP) is 2.85. The van der Waals surface area contributed by atoms with Gasteiger partial charge in [0.1, 0.15) is 0 Å². The number of anilines is 2. The molecule has 2 bridgehead atoms. The molecule has 2 saturated heterocycles. The summed E-state index contributed by atoms with van der Waals surface area (Å²) in [4.78, 5) is 29.2. The minimum atomic E-state index is -4.55. The third-order valence-electron chi connectivity index (χ3n) is 6.37. The van der Waals surface area contributed by atoms with Crippen LogP contribution in [-0.2, 0) is 20.5 Å². The second kappa shape index (κ2) is 6.07. The Morgan fingerprint density at radius 1 is 0.929 bits per heavy atom. The summed E-state index contributed by atoms with van der Waals surface area (Å²) in [5.74, 6) is -1.63. The van der Waals surface area contributed by atoms with Crippen LogP contribution in [0.5, 0.6) is 0 Å². The first kappa shape index (κ1) is 17.7. The average Bonchev–Trinajstić information content (AvgIpc) is 3.35. The molecule has 8 heteroatoms. The maximum atomic E-state index is 13.4. The smallest absolute Gasteiger partial charge is 0.378 e. The third kappa shape index (κ3) is 2.50. The molecule has 0 radical (unpaired) electrons. The molecule has 4 atom stereocenters. The molecule has 5 nitrogen and oxygen atoms in total. The predicted molar refractivity (Wildman–Crippen MR) is 94.7 cm³/mol. The van der Waals surface area contributed by atoms with Gasteiger partial charge in [-0.3, -0.25) is 9.59 Å². The van der Waals surface area contributed by atoms with Gasteiger partial charge in [0, 0.05) is 13.1 Å². The number of halogens is 3. The Morgan fingerprint density at radius 2 is 1.54 bits per heavy atom. The lowest BCUT2D eigenvalue weighted by Gasteiger charge is -2.32. The van der Waals surface area contributed by atoms with Gasteiger partial charge in [-0.25, -0.2) is 4.90 Å². The maximum Gasteiger partial charge on any atom is 0.416 e. The Morgan fingerprint density at radius 3 is 2.11 bits per heavy atom. The molecule has 148 valence electrons. The zero-order chi connectivity index (χ0) is 19.6. The van der Waals surface area contributed by atoms with Crippen molar-refractivity contribution in [3.05, 3.63) is 35.9 Å². The van der Waals surface area contributed by atoms with Crippen LogP contribution in [0, 0.1) is 23.7 Å². The number of benzene rings is 1. The Hall–Kier alpha value is -2.35. The Labute approximate surface area is 159 Å². The van der Waals surface area contributed by atoms with Gasteiger partial charge in [0.15, 0.2) is 0 Å². The number of rotatable bonds is 2. The van der Waals surface area contributed by atoms with Gasteiger partial charge in [-0.2, -0.15) is 13.2 Å². The molecule has 5 rings (SSSR count). The number of amides is 2. The number of allylic oxidation sites excluding steroid dienone is 2. The van der Waals surface area contributed by atoms with Gasteiger partial charge in [-0.05, 0) is 36.5 Å². The molecule has 0 spiro atoms. The highest BCUT2D eigenvalue weighted by molar-refractivity contribution is 6.24. The highest BCUT2D eigenvalue weighted by atomic mass is 19.4. The first-order valence-corrected chi connectivity index (χ1v) is 9.46. The van der Waals surface area contributed by atoms with Gasteiger partial charge in [-0.1, -0.05) is 12.2 Å². The summed E-state index contributed by atoms with van der Waals surface area (Å²) in [6.45, 7) is 1.88. The van der Waals surface area contributed by atoms with E-state index in [0.717, 1.165) is 23.5 Å². The van der Waals surface area contributed by atoms with Crippen LogP contribution < -0.4 is 9.80 Å². The molecule has 1 aromatic carbocycles. The van der Waals surface area contributed by atoms with Crippen molar-refractivity contribution in [1.82, 2.24) is 0 Å². The van der Waals surface area contributed by atoms with E-state index in [1.807, 2.05) is 17.1 Å². The van der Waals surface area contributed by atoms with Crippen molar-refractivity contribution >= 4 is 23.2 Å². The van der Waals surface area contributed by atoms with Crippen LogP contribution in [0.4, 0.5) is 24.5 Å². The van der Waals surface area contributed by atoms with E-state index in [9.17, 15) is 22.8 Å². The van der Waals surface area contributed by atoms with Gasteiger partial charge < -0.3 is 9.64 Å². The average molecular weight is 392 g/mol. The van der Waals surface area contributed by atoms with Crippen LogP contribution in [0.15, 0.2) is 30.4 Å². The van der Waals surface area contributed by atoms with Crippen LogP contribution in [-0.4, -0.2) is 38.1 Å². The number of morpholine rings is 1. The van der Waals surface area contributed by atoms with E-state index >= 15 is 0 Å². The molecular weight excluding hydrogens is 373 g/mol. The second-order valence-corrected chi connectivity index (χ2v) is 7.81. The largest absolute Gasteiger partial charge is 0.416 e. The normalized spacial score (nSPS) is 31.8. The summed E-state index contributed by atoms with van der Waals surface area (Å²) in [7, 11) is 0. The van der Waals surface area contributed by atoms with Crippen LogP contribution in [0.2, 0.25) is 0 Å². The second-order valence-electron chi connectivity index (χ2n) is 7.81. The summed E-state index contributed by atoms with van der Waals surface area (Å²) in [6.07, 6.45) is 0.158. The van der Waals surface area contributed by atoms with Gasteiger partial charge in [0.2, 0.25) is 11.8 Å². The van der Waals surface area contributed by atoms with Crippen molar-refractivity contribution in [2.24, 2.45) is 23.7 Å². The summed E-state index contributed by atoms with van der Waals surface area (Å²) in [5.41, 5.74) is -0.350. The lowest BCUT2D eigenvalue weighted by Crippen LogP contribution is -2.39. The number of ether oxygens (including phenoxy) is 1. The van der Waals surface area contributed by atoms with Gasteiger partial charge >= 0.3 is 6.18 Å². The first-order chi connectivity index (χ1) is 13.4. The highest BCUT2D eigenvalue weighted by Gasteiger charge is 2.60. The van der Waals surface area contributed by atoms with Crippen molar-refractivity contribution in [1.29, 1.82) is 0 Å². The third-order valence-corrected chi connectivity index (χ3v) is 6.37. The molecular formula is C20H19F3N2O3. The van der Waals surface area contributed by atoms with E-state index in [1.54, 1.807) is 0 Å². The number of hydrogen-bond donors (Lipinski definition) is 0. The van der Waals surface area contributed by atoms with Crippen LogP contribution in [0.3, 0.4) is 0 Å². The van der Waals surface area contributed by atoms with Crippen LogP contribution in [0.25, 0.3) is 0 Å². The highest BCUT2D eigenvalue weighted by Crippen LogP contribution is 2.54. The van der Waals surface area contributed by atoms with Gasteiger partial charge in [0.05, 0.1) is 42.0 Å². The summed E-state index contributed by atoms with van der Waals surface area (Å²) in [6, 6.07) is 3.31. The van der Waals surface area contributed by atoms with E-state index in [0.29, 0.717) is 32.0 Å². The van der Waals surface area contributed by atoms with Crippen molar-refractivity contribution in [3.8, 4) is 0 Å². The number of carbonyl (C=O) groups is 2. The standard InChI is InChI=1S/C20H19F3N2O3/c21-20(22,23)13-3-4-14(24-5-7-28-8-6-24)15(10-13)25-18(26)16-11-1-2-12(9-11)17(16)19(25)27/h1-4,10-12,16-17H,5-9H2. The Kier molecular flexibility index (Phi) is 3.84. The van der Waals surface area contributed by atoms with Crippen molar-refractivity contribution in [2.45, 2.75) is 12.6 Å². The van der Waals surface area contributed by atoms with E-state index in [-0.39, 0.29) is 29.3 Å². The summed E-state index contributed by atoms with van der Waals surface area (Å²) < 4.78 is 45.4. The van der Waals surface area contributed by atoms with Crippen LogP contribution in [0.1, 0.15) is 12.0 Å². The van der Waals surface area contributed by atoms with E-state index in [1.165, 1.54) is 6.07 Å². The van der Waals surface area contributed by atoms with Crippen molar-refractivity contribution < 1.29 is 27.5 Å². The van der Waals surface area contributed by atoms with Gasteiger partial charge in [0.25, 0.3) is 0 Å². The summed E-state index contributed by atoms with van der Waals surface area (Å²) >= 11 is 0. The molecule has 2 amide bonds. The van der Waals surface area contributed by atoms with Crippen molar-refractivity contribution in [3.63, 3.8) is 0 Å². The number of fused-ring (bicyclic) bond motifs is 5. The molecule has 1 saturated carbocycles. The quantitative estimate of drug-likeness (QED) is 0.574. The fourth-order valence-electron chi connectivity index (χ4n) is 5.09. The fourth-order valence-corrected chi connectivity index (χ4v) is 5.09. The number of imide groups is 1. The molecule has 2 aliphatic heterocycles. The molecule has 3 fully saturated rings. The zero-order valence-corrected chi connectivity index (χ0v) is 15.0. The minimum absolute atomic E-state index is 0.00841.